The molecular formula is C15H17N3S. The van der Waals surface area contributed by atoms with E-state index in [2.05, 4.69) is 16.9 Å². The number of nitrogens with zero attached hydrogens (tertiary/aromatic N) is 3. The van der Waals surface area contributed by atoms with Crippen molar-refractivity contribution < 1.29 is 0 Å². The first kappa shape index (κ1) is 12.6. The minimum atomic E-state index is 0.904. The van der Waals surface area contributed by atoms with E-state index in [1.54, 1.807) is 11.8 Å². The summed E-state index contributed by atoms with van der Waals surface area (Å²) in [5, 5.41) is 0.912. The molecule has 0 amide bonds. The third kappa shape index (κ3) is 2.95. The third-order valence-electron chi connectivity index (χ3n) is 3.49. The van der Waals surface area contributed by atoms with Crippen molar-refractivity contribution in [2.45, 2.75) is 43.5 Å². The van der Waals surface area contributed by atoms with E-state index in [1.807, 2.05) is 24.5 Å². The monoisotopic (exact) mass is 271 g/mol. The number of pyridine rings is 1. The molecule has 2 aromatic heterocycles. The lowest BCUT2D eigenvalue weighted by Crippen LogP contribution is -2.10. The molecule has 0 spiro atoms. The molecule has 0 radical (unpaired) electrons. The molecule has 0 unspecified atom stereocenters. The zero-order valence-corrected chi connectivity index (χ0v) is 11.9. The standard InChI is InChI=1S/C15H17N3S/c1-11-13-4-2-3-5-14(13)18-15(17-11)19-10-12-6-8-16-9-7-12/h6-9H,2-5,10H2,1H3. The molecule has 2 aromatic rings. The Morgan fingerprint density at radius 1 is 1.11 bits per heavy atom. The van der Waals surface area contributed by atoms with Gasteiger partial charge < -0.3 is 0 Å². The average Bonchev–Trinajstić information content (AvgIpc) is 2.46. The van der Waals surface area contributed by atoms with Crippen LogP contribution in [-0.4, -0.2) is 15.0 Å². The molecule has 0 fully saturated rings. The molecule has 0 aliphatic heterocycles. The predicted octanol–water partition coefficient (Wildman–Crippen LogP) is 3.35. The molecule has 1 aliphatic rings. The second kappa shape index (κ2) is 5.70. The quantitative estimate of drug-likeness (QED) is 0.634. The van der Waals surface area contributed by atoms with Crippen LogP contribution in [0.25, 0.3) is 0 Å². The SMILES string of the molecule is Cc1nc(SCc2ccncc2)nc2c1CCCC2. The lowest BCUT2D eigenvalue weighted by atomic mass is 9.95. The third-order valence-corrected chi connectivity index (χ3v) is 4.41. The van der Waals surface area contributed by atoms with E-state index in [-0.39, 0.29) is 0 Å². The molecule has 0 bridgehead atoms. The van der Waals surface area contributed by atoms with Gasteiger partial charge in [-0.2, -0.15) is 0 Å². The Morgan fingerprint density at radius 2 is 1.89 bits per heavy atom. The van der Waals surface area contributed by atoms with E-state index < -0.39 is 0 Å². The molecule has 3 nitrogen and oxygen atoms in total. The van der Waals surface area contributed by atoms with Gasteiger partial charge in [-0.05, 0) is 55.9 Å². The molecule has 0 saturated heterocycles. The normalized spacial score (nSPS) is 14.2. The maximum Gasteiger partial charge on any atom is 0.188 e. The number of thioether (sulfide) groups is 1. The average molecular weight is 271 g/mol. The molecule has 0 aromatic carbocycles. The lowest BCUT2D eigenvalue weighted by molar-refractivity contribution is 0.642. The van der Waals surface area contributed by atoms with Gasteiger partial charge in [-0.25, -0.2) is 9.97 Å². The number of fused-ring (bicyclic) bond motifs is 1. The summed E-state index contributed by atoms with van der Waals surface area (Å²) in [4.78, 5) is 13.4. The van der Waals surface area contributed by atoms with Crippen molar-refractivity contribution in [2.75, 3.05) is 0 Å². The number of hydrogen-bond acceptors (Lipinski definition) is 4. The summed E-state index contributed by atoms with van der Waals surface area (Å²) in [6, 6.07) is 4.08. The zero-order valence-electron chi connectivity index (χ0n) is 11.1. The van der Waals surface area contributed by atoms with Crippen LogP contribution in [0.1, 0.15) is 35.4 Å². The minimum Gasteiger partial charge on any atom is -0.265 e. The summed E-state index contributed by atoms with van der Waals surface area (Å²) in [7, 11) is 0. The van der Waals surface area contributed by atoms with Crippen LogP contribution < -0.4 is 0 Å². The smallest absolute Gasteiger partial charge is 0.188 e. The Kier molecular flexibility index (Phi) is 3.78. The number of rotatable bonds is 3. The Morgan fingerprint density at radius 3 is 2.74 bits per heavy atom. The number of aromatic nitrogens is 3. The van der Waals surface area contributed by atoms with Gasteiger partial charge in [0.1, 0.15) is 0 Å². The van der Waals surface area contributed by atoms with Crippen molar-refractivity contribution >= 4 is 11.8 Å². The molecule has 0 atom stereocenters. The summed E-state index contributed by atoms with van der Waals surface area (Å²) in [6.07, 6.45) is 8.46. The first-order valence-corrected chi connectivity index (χ1v) is 7.69. The van der Waals surface area contributed by atoms with E-state index in [0.717, 1.165) is 23.8 Å². The highest BCUT2D eigenvalue weighted by Gasteiger charge is 2.15. The minimum absolute atomic E-state index is 0.904. The molecule has 3 rings (SSSR count). The second-order valence-corrected chi connectivity index (χ2v) is 5.81. The Labute approximate surface area is 117 Å². The fourth-order valence-electron chi connectivity index (χ4n) is 2.45. The maximum atomic E-state index is 4.73. The van der Waals surface area contributed by atoms with Gasteiger partial charge in [0, 0.05) is 29.5 Å². The number of aryl methyl sites for hydroxylation is 2. The molecule has 1 aliphatic carbocycles. The second-order valence-electron chi connectivity index (χ2n) is 4.87. The fraction of sp³-hybridized carbons (Fsp3) is 0.400. The molecule has 4 heteroatoms. The van der Waals surface area contributed by atoms with Crippen LogP contribution in [0.5, 0.6) is 0 Å². The van der Waals surface area contributed by atoms with Crippen molar-refractivity contribution in [2.24, 2.45) is 0 Å². The van der Waals surface area contributed by atoms with Gasteiger partial charge in [0.25, 0.3) is 0 Å². The lowest BCUT2D eigenvalue weighted by Gasteiger charge is -2.17. The first-order chi connectivity index (χ1) is 9.33. The van der Waals surface area contributed by atoms with Crippen LogP contribution in [0.2, 0.25) is 0 Å². The maximum absolute atomic E-state index is 4.73. The molecule has 0 N–H and O–H groups in total. The summed E-state index contributed by atoms with van der Waals surface area (Å²) < 4.78 is 0. The Bertz CT molecular complexity index is 569. The molecule has 2 heterocycles. The van der Waals surface area contributed by atoms with Crippen molar-refractivity contribution in [1.82, 2.24) is 15.0 Å². The molecular weight excluding hydrogens is 254 g/mol. The topological polar surface area (TPSA) is 38.7 Å². The van der Waals surface area contributed by atoms with Crippen LogP contribution >= 0.6 is 11.8 Å². The van der Waals surface area contributed by atoms with E-state index in [1.165, 1.54) is 35.4 Å². The van der Waals surface area contributed by atoms with Crippen LogP contribution in [-0.2, 0) is 18.6 Å². The zero-order chi connectivity index (χ0) is 13.1. The molecule has 19 heavy (non-hydrogen) atoms. The van der Waals surface area contributed by atoms with E-state index in [0.29, 0.717) is 0 Å². The molecule has 0 saturated carbocycles. The largest absolute Gasteiger partial charge is 0.265 e. The molecule has 98 valence electrons. The van der Waals surface area contributed by atoms with E-state index >= 15 is 0 Å². The summed E-state index contributed by atoms with van der Waals surface area (Å²) in [6.45, 7) is 2.11. The summed E-state index contributed by atoms with van der Waals surface area (Å²) in [5.74, 6) is 0.904. The van der Waals surface area contributed by atoms with Crippen molar-refractivity contribution in [3.05, 3.63) is 47.0 Å². The summed E-state index contributed by atoms with van der Waals surface area (Å²) >= 11 is 1.71. The van der Waals surface area contributed by atoms with Gasteiger partial charge in [-0.15, -0.1) is 0 Å². The van der Waals surface area contributed by atoms with Crippen LogP contribution in [0.15, 0.2) is 29.7 Å². The van der Waals surface area contributed by atoms with Crippen LogP contribution in [0, 0.1) is 6.92 Å². The van der Waals surface area contributed by atoms with Gasteiger partial charge in [0.15, 0.2) is 5.16 Å². The highest BCUT2D eigenvalue weighted by atomic mass is 32.2. The Hall–Kier alpha value is -1.42. The van der Waals surface area contributed by atoms with Gasteiger partial charge in [-0.1, -0.05) is 11.8 Å². The van der Waals surface area contributed by atoms with Gasteiger partial charge in [-0.3, -0.25) is 4.98 Å². The fourth-order valence-corrected chi connectivity index (χ4v) is 3.31. The van der Waals surface area contributed by atoms with Crippen molar-refractivity contribution in [3.8, 4) is 0 Å². The van der Waals surface area contributed by atoms with Crippen LogP contribution in [0.3, 0.4) is 0 Å². The first-order valence-electron chi connectivity index (χ1n) is 6.71. The highest BCUT2D eigenvalue weighted by Crippen LogP contribution is 2.26. The van der Waals surface area contributed by atoms with Gasteiger partial charge >= 0.3 is 0 Å². The van der Waals surface area contributed by atoms with E-state index in [4.69, 9.17) is 4.98 Å². The summed E-state index contributed by atoms with van der Waals surface area (Å²) in [5.41, 5.74) is 5.09. The van der Waals surface area contributed by atoms with E-state index in [9.17, 15) is 0 Å². The van der Waals surface area contributed by atoms with Gasteiger partial charge in [0.2, 0.25) is 0 Å². The van der Waals surface area contributed by atoms with Gasteiger partial charge in [0.05, 0.1) is 0 Å². The highest BCUT2D eigenvalue weighted by molar-refractivity contribution is 7.98. The van der Waals surface area contributed by atoms with Crippen LogP contribution in [0.4, 0.5) is 0 Å². The Balaban J connectivity index is 1.76. The number of hydrogen-bond donors (Lipinski definition) is 0. The van der Waals surface area contributed by atoms with Crippen molar-refractivity contribution in [1.29, 1.82) is 0 Å². The van der Waals surface area contributed by atoms with Crippen molar-refractivity contribution in [3.63, 3.8) is 0 Å². The predicted molar refractivity (Wildman–Crippen MR) is 77.2 cm³/mol.